The Morgan fingerprint density at radius 2 is 1.61 bits per heavy atom. The summed E-state index contributed by atoms with van der Waals surface area (Å²) in [5.74, 6) is -0.349. The first-order valence-electron chi connectivity index (χ1n) is 7.73. The molecule has 0 radical (unpaired) electrons. The number of nitrogens with zero attached hydrogens (tertiary/aromatic N) is 1. The first-order valence-corrected chi connectivity index (χ1v) is 7.73. The number of rotatable bonds is 3. The zero-order valence-electron chi connectivity index (χ0n) is 13.6. The van der Waals surface area contributed by atoms with Crippen LogP contribution in [0.3, 0.4) is 0 Å². The molecule has 0 spiro atoms. The summed E-state index contributed by atoms with van der Waals surface area (Å²) in [4.78, 5) is 26.4. The molecule has 4 heteroatoms. The Balaban J connectivity index is 1.85. The fourth-order valence-corrected chi connectivity index (χ4v) is 2.81. The highest BCUT2D eigenvalue weighted by atomic mass is 16.2. The molecule has 1 aliphatic rings. The third-order valence-electron chi connectivity index (χ3n) is 4.14. The van der Waals surface area contributed by atoms with E-state index in [2.05, 4.69) is 5.32 Å². The molecule has 0 aliphatic carbocycles. The van der Waals surface area contributed by atoms with Gasteiger partial charge < -0.3 is 5.32 Å². The molecular formula is C19H20N2O2. The van der Waals surface area contributed by atoms with Gasteiger partial charge in [0.25, 0.3) is 5.91 Å². The fraction of sp³-hybridized carbons (Fsp3) is 0.263. The Hall–Kier alpha value is -2.62. The number of amides is 2. The summed E-state index contributed by atoms with van der Waals surface area (Å²) in [5.41, 5.74) is 4.65. The molecule has 1 N–H and O–H groups in total. The van der Waals surface area contributed by atoms with Gasteiger partial charge in [0, 0.05) is 5.69 Å². The molecule has 118 valence electrons. The van der Waals surface area contributed by atoms with E-state index in [9.17, 15) is 9.59 Å². The van der Waals surface area contributed by atoms with Crippen LogP contribution in [0.1, 0.15) is 23.1 Å². The quantitative estimate of drug-likeness (QED) is 0.885. The lowest BCUT2D eigenvalue weighted by Crippen LogP contribution is -2.35. The van der Waals surface area contributed by atoms with Gasteiger partial charge in [0.15, 0.2) is 0 Å². The number of hydrogen-bond donors (Lipinski definition) is 1. The van der Waals surface area contributed by atoms with E-state index in [1.807, 2.05) is 63.2 Å². The van der Waals surface area contributed by atoms with Crippen molar-refractivity contribution in [2.45, 2.75) is 33.2 Å². The Kier molecular flexibility index (Phi) is 3.90. The molecule has 2 aromatic carbocycles. The van der Waals surface area contributed by atoms with Gasteiger partial charge >= 0.3 is 0 Å². The van der Waals surface area contributed by atoms with Crippen LogP contribution in [-0.4, -0.2) is 17.9 Å². The van der Waals surface area contributed by atoms with Crippen LogP contribution in [-0.2, 0) is 9.59 Å². The number of imide groups is 1. The lowest BCUT2D eigenvalue weighted by Gasteiger charge is -2.18. The van der Waals surface area contributed by atoms with Gasteiger partial charge in [-0.15, -0.1) is 0 Å². The molecule has 0 unspecified atom stereocenters. The number of benzene rings is 2. The van der Waals surface area contributed by atoms with Crippen LogP contribution in [0.5, 0.6) is 0 Å². The molecule has 2 amide bonds. The maximum atomic E-state index is 12.7. The van der Waals surface area contributed by atoms with Crippen LogP contribution < -0.4 is 10.2 Å². The van der Waals surface area contributed by atoms with Crippen LogP contribution in [0.15, 0.2) is 42.5 Å². The number of hydrogen-bond acceptors (Lipinski definition) is 3. The van der Waals surface area contributed by atoms with Gasteiger partial charge in [0.05, 0.1) is 12.1 Å². The number of nitrogens with one attached hydrogen (secondary N) is 1. The van der Waals surface area contributed by atoms with Gasteiger partial charge in [-0.25, -0.2) is 4.90 Å². The molecule has 0 aromatic heterocycles. The van der Waals surface area contributed by atoms with E-state index in [1.165, 1.54) is 4.90 Å². The van der Waals surface area contributed by atoms with Crippen LogP contribution >= 0.6 is 0 Å². The Morgan fingerprint density at radius 3 is 2.30 bits per heavy atom. The van der Waals surface area contributed by atoms with E-state index >= 15 is 0 Å². The van der Waals surface area contributed by atoms with Crippen molar-refractivity contribution in [3.8, 4) is 0 Å². The van der Waals surface area contributed by atoms with Crippen molar-refractivity contribution in [1.82, 2.24) is 0 Å². The predicted octanol–water partition coefficient (Wildman–Crippen LogP) is 3.36. The zero-order valence-corrected chi connectivity index (χ0v) is 13.6. The van der Waals surface area contributed by atoms with Crippen molar-refractivity contribution in [2.24, 2.45) is 0 Å². The van der Waals surface area contributed by atoms with Gasteiger partial charge in [-0.2, -0.15) is 0 Å². The largest absolute Gasteiger partial charge is 0.373 e. The van der Waals surface area contributed by atoms with E-state index in [0.29, 0.717) is 5.69 Å². The van der Waals surface area contributed by atoms with Crippen LogP contribution in [0.4, 0.5) is 11.4 Å². The Bertz CT molecular complexity index is 765. The molecule has 1 atom stereocenters. The highest BCUT2D eigenvalue weighted by molar-refractivity contribution is 6.23. The van der Waals surface area contributed by atoms with E-state index in [-0.39, 0.29) is 18.2 Å². The van der Waals surface area contributed by atoms with Crippen molar-refractivity contribution in [2.75, 3.05) is 10.2 Å². The molecule has 1 heterocycles. The van der Waals surface area contributed by atoms with E-state index < -0.39 is 6.04 Å². The summed E-state index contributed by atoms with van der Waals surface area (Å²) >= 11 is 0. The van der Waals surface area contributed by atoms with Gasteiger partial charge in [-0.05, 0) is 50.1 Å². The molecular weight excluding hydrogens is 288 g/mol. The Labute approximate surface area is 136 Å². The lowest BCUT2D eigenvalue weighted by molar-refractivity contribution is -0.121. The van der Waals surface area contributed by atoms with Crippen molar-refractivity contribution < 1.29 is 9.59 Å². The summed E-state index contributed by atoms with van der Waals surface area (Å²) < 4.78 is 0. The third-order valence-corrected chi connectivity index (χ3v) is 4.14. The number of aryl methyl sites for hydroxylation is 3. The molecule has 1 saturated heterocycles. The molecule has 0 saturated carbocycles. The minimum atomic E-state index is -0.509. The second kappa shape index (κ2) is 5.88. The Morgan fingerprint density at radius 1 is 0.957 bits per heavy atom. The van der Waals surface area contributed by atoms with Crippen LogP contribution in [0.2, 0.25) is 0 Å². The minimum absolute atomic E-state index is 0.159. The van der Waals surface area contributed by atoms with Crippen LogP contribution in [0.25, 0.3) is 0 Å². The van der Waals surface area contributed by atoms with E-state index in [1.54, 1.807) is 0 Å². The van der Waals surface area contributed by atoms with E-state index in [4.69, 9.17) is 0 Å². The highest BCUT2D eigenvalue weighted by Gasteiger charge is 2.40. The normalized spacial score (nSPS) is 17.7. The zero-order chi connectivity index (χ0) is 16.6. The summed E-state index contributed by atoms with van der Waals surface area (Å²) in [6.07, 6.45) is 0.181. The standard InChI is InChI=1S/C19H20N2O2/c1-12-5-8-15(9-6-12)20-16-11-18(22)21(19(16)23)17-10-13(2)4-7-14(17)3/h4-10,16,20H,11H2,1-3H3/t16-/m1/s1. The third kappa shape index (κ3) is 2.97. The SMILES string of the molecule is Cc1ccc(N[C@@H]2CC(=O)N(c3cc(C)ccc3C)C2=O)cc1. The molecule has 0 bridgehead atoms. The second-order valence-electron chi connectivity index (χ2n) is 6.12. The summed E-state index contributed by atoms with van der Waals surface area (Å²) in [7, 11) is 0. The second-order valence-corrected chi connectivity index (χ2v) is 6.12. The van der Waals surface area contributed by atoms with Gasteiger partial charge in [0.2, 0.25) is 5.91 Å². The van der Waals surface area contributed by atoms with Crippen molar-refractivity contribution in [3.05, 3.63) is 59.2 Å². The smallest absolute Gasteiger partial charge is 0.256 e. The molecule has 2 aromatic rings. The number of carbonyl (C=O) groups is 2. The summed E-state index contributed by atoms with van der Waals surface area (Å²) in [6.45, 7) is 5.88. The van der Waals surface area contributed by atoms with Gasteiger partial charge in [0.1, 0.15) is 6.04 Å². The van der Waals surface area contributed by atoms with Gasteiger partial charge in [-0.3, -0.25) is 9.59 Å². The van der Waals surface area contributed by atoms with E-state index in [0.717, 1.165) is 22.4 Å². The first kappa shape index (κ1) is 15.3. The maximum absolute atomic E-state index is 12.7. The first-order chi connectivity index (χ1) is 11.0. The average Bonchev–Trinajstić information content (AvgIpc) is 2.78. The summed E-state index contributed by atoms with van der Waals surface area (Å²) in [6, 6.07) is 13.1. The average molecular weight is 308 g/mol. The molecule has 1 aliphatic heterocycles. The van der Waals surface area contributed by atoms with Crippen molar-refractivity contribution >= 4 is 23.2 Å². The topological polar surface area (TPSA) is 49.4 Å². The van der Waals surface area contributed by atoms with Crippen molar-refractivity contribution in [1.29, 1.82) is 0 Å². The van der Waals surface area contributed by atoms with Crippen molar-refractivity contribution in [3.63, 3.8) is 0 Å². The minimum Gasteiger partial charge on any atom is -0.373 e. The highest BCUT2D eigenvalue weighted by Crippen LogP contribution is 2.28. The fourth-order valence-electron chi connectivity index (χ4n) is 2.81. The molecule has 3 rings (SSSR count). The maximum Gasteiger partial charge on any atom is 0.256 e. The number of carbonyl (C=O) groups excluding carboxylic acids is 2. The van der Waals surface area contributed by atoms with Gasteiger partial charge in [-0.1, -0.05) is 29.8 Å². The molecule has 1 fully saturated rings. The molecule has 4 nitrogen and oxygen atoms in total. The lowest BCUT2D eigenvalue weighted by atomic mass is 10.1. The molecule has 23 heavy (non-hydrogen) atoms. The van der Waals surface area contributed by atoms with Crippen LogP contribution in [0, 0.1) is 20.8 Å². The predicted molar refractivity (Wildman–Crippen MR) is 91.6 cm³/mol. The summed E-state index contributed by atoms with van der Waals surface area (Å²) in [5, 5.41) is 3.17. The monoisotopic (exact) mass is 308 g/mol. The number of anilines is 2.